The highest BCUT2D eigenvalue weighted by molar-refractivity contribution is 5.94. The summed E-state index contributed by atoms with van der Waals surface area (Å²) in [5.41, 5.74) is 6.12. The van der Waals surface area contributed by atoms with Crippen LogP contribution in [0.25, 0.3) is 0 Å². The van der Waals surface area contributed by atoms with Crippen LogP contribution in [0, 0.1) is 10.1 Å². The Hall–Kier alpha value is -4.92. The molecule has 2 aliphatic heterocycles. The topological polar surface area (TPSA) is 178 Å². The Bertz CT molecular complexity index is 1350. The summed E-state index contributed by atoms with van der Waals surface area (Å²) in [5.74, 6) is -1.49. The number of carbonyl (C=O) groups excluding carboxylic acids is 3. The fraction of sp³-hybridized carbons (Fsp3) is 0.304. The highest BCUT2D eigenvalue weighted by Crippen LogP contribution is 2.30. The number of nitro groups is 1. The predicted molar refractivity (Wildman–Crippen MR) is 128 cm³/mol. The van der Waals surface area contributed by atoms with E-state index >= 15 is 0 Å². The molecule has 0 saturated carbocycles. The maximum absolute atomic E-state index is 12.9. The van der Waals surface area contributed by atoms with E-state index in [1.165, 1.54) is 38.9 Å². The van der Waals surface area contributed by atoms with Crippen molar-refractivity contribution in [1.82, 2.24) is 41.0 Å². The second kappa shape index (κ2) is 10.6. The number of aromatic nitrogens is 4. The molecule has 2 fully saturated rings. The second-order valence-electron chi connectivity index (χ2n) is 8.79. The van der Waals surface area contributed by atoms with Crippen LogP contribution >= 0.6 is 0 Å². The van der Waals surface area contributed by atoms with E-state index in [1.54, 1.807) is 0 Å². The number of rotatable bonds is 8. The molecule has 196 valence electrons. The fourth-order valence-electron chi connectivity index (χ4n) is 4.42. The third-order valence-electron chi connectivity index (χ3n) is 6.35. The number of hydrogen-bond acceptors (Lipinski definition) is 9. The number of nitro benzene ring substituents is 1. The van der Waals surface area contributed by atoms with Crippen molar-refractivity contribution >= 4 is 23.5 Å². The summed E-state index contributed by atoms with van der Waals surface area (Å²) in [6.45, 7) is 0.651. The number of urea groups is 1. The van der Waals surface area contributed by atoms with Crippen LogP contribution in [-0.2, 0) is 22.8 Å². The van der Waals surface area contributed by atoms with Gasteiger partial charge in [0.05, 0.1) is 17.5 Å². The fourth-order valence-corrected chi connectivity index (χ4v) is 4.42. The number of amides is 4. The van der Waals surface area contributed by atoms with Gasteiger partial charge in [0, 0.05) is 18.7 Å². The summed E-state index contributed by atoms with van der Waals surface area (Å²) < 4.78 is 1.19. The van der Waals surface area contributed by atoms with Gasteiger partial charge in [-0.2, -0.15) is 5.06 Å². The number of tetrazole rings is 1. The maximum atomic E-state index is 12.9. The second-order valence-corrected chi connectivity index (χ2v) is 8.79. The summed E-state index contributed by atoms with van der Waals surface area (Å²) in [5, 5.41) is 23.1. The van der Waals surface area contributed by atoms with E-state index < -0.39 is 28.8 Å². The van der Waals surface area contributed by atoms with Gasteiger partial charge in [0.25, 0.3) is 11.6 Å². The van der Waals surface area contributed by atoms with E-state index in [9.17, 15) is 24.5 Å². The van der Waals surface area contributed by atoms with Gasteiger partial charge >= 0.3 is 11.9 Å². The predicted octanol–water partition coefficient (Wildman–Crippen LogP) is 0.791. The number of nitrogens with zero attached hydrogens (tertiary/aromatic N) is 7. The third kappa shape index (κ3) is 5.12. The molecular formula is C23H23N9O6. The Labute approximate surface area is 215 Å². The van der Waals surface area contributed by atoms with E-state index in [0.717, 1.165) is 5.56 Å². The lowest BCUT2D eigenvalue weighted by Gasteiger charge is -2.29. The zero-order chi connectivity index (χ0) is 26.6. The lowest BCUT2D eigenvalue weighted by atomic mass is 10.0. The van der Waals surface area contributed by atoms with Gasteiger partial charge in [-0.3, -0.25) is 35.4 Å². The Morgan fingerprint density at radius 3 is 2.55 bits per heavy atom. The molecule has 15 heteroatoms. The van der Waals surface area contributed by atoms with Crippen molar-refractivity contribution < 1.29 is 24.1 Å². The molecule has 2 bridgehead atoms. The summed E-state index contributed by atoms with van der Waals surface area (Å²) in [4.78, 5) is 55.9. The average Bonchev–Trinajstić information content (AvgIpc) is 3.49. The van der Waals surface area contributed by atoms with E-state index in [-0.39, 0.29) is 30.7 Å². The minimum atomic E-state index is -0.777. The Morgan fingerprint density at radius 2 is 1.82 bits per heavy atom. The van der Waals surface area contributed by atoms with Crippen molar-refractivity contribution in [2.24, 2.45) is 0 Å². The average molecular weight is 521 g/mol. The molecule has 2 N–H and O–H groups in total. The summed E-state index contributed by atoms with van der Waals surface area (Å²) >= 11 is 0. The molecule has 2 saturated heterocycles. The quantitative estimate of drug-likeness (QED) is 0.320. The van der Waals surface area contributed by atoms with Gasteiger partial charge in [-0.1, -0.05) is 42.5 Å². The van der Waals surface area contributed by atoms with Gasteiger partial charge in [-0.15, -0.1) is 5.10 Å². The molecule has 0 radical (unpaired) electrons. The molecule has 0 unspecified atom stereocenters. The molecule has 2 atom stereocenters. The molecule has 4 amide bonds. The van der Waals surface area contributed by atoms with Crippen LogP contribution in [0.1, 0.15) is 34.6 Å². The van der Waals surface area contributed by atoms with Crippen molar-refractivity contribution in [2.75, 3.05) is 6.54 Å². The lowest BCUT2D eigenvalue weighted by Crippen LogP contribution is -2.54. The zero-order valence-corrected chi connectivity index (χ0v) is 20.0. The number of carbonyl (C=O) groups is 3. The third-order valence-corrected chi connectivity index (χ3v) is 6.35. The highest BCUT2D eigenvalue weighted by Gasteiger charge is 2.48. The molecule has 15 nitrogen and oxygen atoms in total. The molecule has 0 spiro atoms. The van der Waals surface area contributed by atoms with Crippen molar-refractivity contribution in [1.29, 1.82) is 0 Å². The molecule has 2 aliphatic rings. The lowest BCUT2D eigenvalue weighted by molar-refractivity contribution is -0.384. The number of nitrogens with one attached hydrogen (secondary N) is 2. The van der Waals surface area contributed by atoms with Gasteiger partial charge in [0.15, 0.2) is 0 Å². The van der Waals surface area contributed by atoms with Crippen LogP contribution in [0.3, 0.4) is 0 Å². The van der Waals surface area contributed by atoms with Crippen LogP contribution < -0.4 is 10.9 Å². The van der Waals surface area contributed by atoms with Crippen LogP contribution in [-0.4, -0.2) is 71.6 Å². The normalized spacial score (nSPS) is 18.4. The number of hydroxylamine groups is 2. The van der Waals surface area contributed by atoms with Crippen LogP contribution in [0.5, 0.6) is 0 Å². The molecule has 3 aromatic rings. The van der Waals surface area contributed by atoms with Crippen molar-refractivity contribution in [3.8, 4) is 0 Å². The number of hydrazine groups is 1. The van der Waals surface area contributed by atoms with E-state index in [1.807, 2.05) is 30.3 Å². The van der Waals surface area contributed by atoms with Gasteiger partial charge in [-0.25, -0.2) is 9.48 Å². The molecule has 2 aromatic carbocycles. The van der Waals surface area contributed by atoms with E-state index in [4.69, 9.17) is 4.84 Å². The molecule has 1 aromatic heterocycles. The van der Waals surface area contributed by atoms with E-state index in [2.05, 4.69) is 26.4 Å². The number of hydrogen-bond donors (Lipinski definition) is 2. The summed E-state index contributed by atoms with van der Waals surface area (Å²) in [7, 11) is 0. The van der Waals surface area contributed by atoms with Crippen molar-refractivity contribution in [3.05, 3.63) is 81.7 Å². The minimum absolute atomic E-state index is 0.0671. The number of piperidine rings is 1. The first-order valence-corrected chi connectivity index (χ1v) is 11.8. The van der Waals surface area contributed by atoms with Crippen molar-refractivity contribution in [3.63, 3.8) is 0 Å². The highest BCUT2D eigenvalue weighted by atomic mass is 16.7. The molecule has 5 rings (SSSR count). The standard InChI is InChI=1S/C23H23N9O6/c33-21(19-11-10-18-13-29(19)23(35)31(18)38-14-16-4-2-1-3-5-16)25-26-22(34)20-24-27-28-30(20)12-15-6-8-17(9-7-15)32(36)37/h1-9,18-19H,10-14H2,(H,25,33)(H,26,34)/t18-,19+/m1/s1. The molecular weight excluding hydrogens is 498 g/mol. The molecule has 38 heavy (non-hydrogen) atoms. The molecule has 3 heterocycles. The summed E-state index contributed by atoms with van der Waals surface area (Å²) in [6, 6.07) is 13.8. The number of benzene rings is 2. The molecule has 0 aliphatic carbocycles. The Kier molecular flexibility index (Phi) is 6.90. The number of non-ortho nitro benzene ring substituents is 1. The summed E-state index contributed by atoms with van der Waals surface area (Å²) in [6.07, 6.45) is 0.970. The van der Waals surface area contributed by atoms with Crippen molar-refractivity contribution in [2.45, 2.75) is 38.1 Å². The first kappa shape index (κ1) is 24.8. The minimum Gasteiger partial charge on any atom is -0.309 e. The van der Waals surface area contributed by atoms with Gasteiger partial charge in [-0.05, 0) is 34.4 Å². The monoisotopic (exact) mass is 521 g/mol. The number of fused-ring (bicyclic) bond motifs is 2. The van der Waals surface area contributed by atoms with Crippen LogP contribution in [0.4, 0.5) is 10.5 Å². The van der Waals surface area contributed by atoms with Gasteiger partial charge in [0.2, 0.25) is 5.82 Å². The maximum Gasteiger partial charge on any atom is 0.345 e. The van der Waals surface area contributed by atoms with E-state index in [0.29, 0.717) is 24.9 Å². The van der Waals surface area contributed by atoms with Gasteiger partial charge in [0.1, 0.15) is 12.6 Å². The van der Waals surface area contributed by atoms with Gasteiger partial charge < -0.3 is 4.90 Å². The Balaban J connectivity index is 1.15. The van der Waals surface area contributed by atoms with Crippen LogP contribution in [0.2, 0.25) is 0 Å². The van der Waals surface area contributed by atoms with Crippen LogP contribution in [0.15, 0.2) is 54.6 Å². The Morgan fingerprint density at radius 1 is 1.05 bits per heavy atom. The first-order chi connectivity index (χ1) is 18.4. The SMILES string of the molecule is O=C(NNC(=O)[C@@H]1CC[C@@H]2CN1C(=O)N2OCc1ccccc1)c1nnnn1Cc1ccc([N+](=O)[O-])cc1. The zero-order valence-electron chi connectivity index (χ0n) is 20.0. The largest absolute Gasteiger partial charge is 0.345 e. The smallest absolute Gasteiger partial charge is 0.309 e. The first-order valence-electron chi connectivity index (χ1n) is 11.8.